The second-order valence-electron chi connectivity index (χ2n) is 4.48. The SMILES string of the molecule is C[C@](O)(c1ccccc1)C1C=CCCC1. The molecular weight excluding hydrogens is 184 g/mol. The lowest BCUT2D eigenvalue weighted by Gasteiger charge is -2.33. The molecule has 2 rings (SSSR count). The molecule has 1 unspecified atom stereocenters. The number of hydrogen-bond acceptors (Lipinski definition) is 1. The molecule has 1 aromatic carbocycles. The minimum Gasteiger partial charge on any atom is -0.385 e. The molecule has 1 nitrogen and oxygen atoms in total. The van der Waals surface area contributed by atoms with Crippen LogP contribution < -0.4 is 0 Å². The summed E-state index contributed by atoms with van der Waals surface area (Å²) in [6.45, 7) is 1.92. The van der Waals surface area contributed by atoms with Gasteiger partial charge in [-0.15, -0.1) is 0 Å². The van der Waals surface area contributed by atoms with Crippen LogP contribution in [0, 0.1) is 5.92 Å². The zero-order valence-electron chi connectivity index (χ0n) is 9.19. The van der Waals surface area contributed by atoms with E-state index in [4.69, 9.17) is 0 Å². The first-order valence-corrected chi connectivity index (χ1v) is 5.66. The van der Waals surface area contributed by atoms with Crippen LogP contribution >= 0.6 is 0 Å². The van der Waals surface area contributed by atoms with Gasteiger partial charge in [0.25, 0.3) is 0 Å². The molecule has 0 aliphatic heterocycles. The summed E-state index contributed by atoms with van der Waals surface area (Å²) >= 11 is 0. The van der Waals surface area contributed by atoms with Gasteiger partial charge in [-0.3, -0.25) is 0 Å². The monoisotopic (exact) mass is 202 g/mol. The van der Waals surface area contributed by atoms with Gasteiger partial charge in [0.15, 0.2) is 0 Å². The van der Waals surface area contributed by atoms with Crippen LogP contribution in [0.3, 0.4) is 0 Å². The zero-order chi connectivity index (χ0) is 10.7. The first kappa shape index (κ1) is 10.4. The Bertz CT molecular complexity index is 338. The molecule has 2 atom stereocenters. The molecule has 0 saturated carbocycles. The van der Waals surface area contributed by atoms with E-state index in [0.29, 0.717) is 0 Å². The number of rotatable bonds is 2. The van der Waals surface area contributed by atoms with Crippen LogP contribution in [0.15, 0.2) is 42.5 Å². The molecule has 1 heteroatoms. The summed E-state index contributed by atoms with van der Waals surface area (Å²) < 4.78 is 0. The van der Waals surface area contributed by atoms with Crippen molar-refractivity contribution in [1.82, 2.24) is 0 Å². The lowest BCUT2D eigenvalue weighted by molar-refractivity contribution is 0.00800. The van der Waals surface area contributed by atoms with E-state index in [-0.39, 0.29) is 5.92 Å². The summed E-state index contributed by atoms with van der Waals surface area (Å²) in [7, 11) is 0. The summed E-state index contributed by atoms with van der Waals surface area (Å²) in [6, 6.07) is 9.95. The minimum absolute atomic E-state index is 0.258. The van der Waals surface area contributed by atoms with Gasteiger partial charge in [0, 0.05) is 5.92 Å². The van der Waals surface area contributed by atoms with Gasteiger partial charge in [-0.05, 0) is 31.7 Å². The van der Waals surface area contributed by atoms with E-state index in [9.17, 15) is 5.11 Å². The van der Waals surface area contributed by atoms with Crippen LogP contribution in [0.25, 0.3) is 0 Å². The maximum Gasteiger partial charge on any atom is 0.0930 e. The molecule has 80 valence electrons. The van der Waals surface area contributed by atoms with Crippen molar-refractivity contribution in [3.05, 3.63) is 48.0 Å². The standard InChI is InChI=1S/C14H18O/c1-14(15,12-8-4-2-5-9-12)13-10-6-3-7-11-13/h2,4-6,8-10,13,15H,3,7,11H2,1H3/t13?,14-/m0/s1. The maximum atomic E-state index is 10.6. The highest BCUT2D eigenvalue weighted by Crippen LogP contribution is 2.35. The van der Waals surface area contributed by atoms with Crippen LogP contribution in [-0.4, -0.2) is 5.11 Å². The molecule has 0 bridgehead atoms. The van der Waals surface area contributed by atoms with E-state index in [1.807, 2.05) is 37.3 Å². The van der Waals surface area contributed by atoms with Gasteiger partial charge < -0.3 is 5.11 Å². The van der Waals surface area contributed by atoms with Crippen molar-refractivity contribution in [2.24, 2.45) is 5.92 Å². The van der Waals surface area contributed by atoms with Crippen molar-refractivity contribution in [1.29, 1.82) is 0 Å². The van der Waals surface area contributed by atoms with E-state index in [1.54, 1.807) is 0 Å². The van der Waals surface area contributed by atoms with Gasteiger partial charge in [-0.1, -0.05) is 42.5 Å². The highest BCUT2D eigenvalue weighted by atomic mass is 16.3. The van der Waals surface area contributed by atoms with Gasteiger partial charge in [-0.25, -0.2) is 0 Å². The normalized spacial score (nSPS) is 24.8. The molecule has 1 aliphatic carbocycles. The van der Waals surface area contributed by atoms with Crippen LogP contribution in [0.1, 0.15) is 31.7 Å². The predicted octanol–water partition coefficient (Wildman–Crippen LogP) is 3.25. The third-order valence-corrected chi connectivity index (χ3v) is 3.33. The van der Waals surface area contributed by atoms with E-state index in [1.165, 1.54) is 6.42 Å². The average Bonchev–Trinajstić information content (AvgIpc) is 2.31. The summed E-state index contributed by atoms with van der Waals surface area (Å²) in [4.78, 5) is 0. The van der Waals surface area contributed by atoms with Gasteiger partial charge >= 0.3 is 0 Å². The van der Waals surface area contributed by atoms with Crippen molar-refractivity contribution in [2.45, 2.75) is 31.8 Å². The molecule has 1 N–H and O–H groups in total. The minimum atomic E-state index is -0.724. The first-order chi connectivity index (χ1) is 7.21. The van der Waals surface area contributed by atoms with Crippen LogP contribution in [-0.2, 0) is 5.60 Å². The molecule has 0 spiro atoms. The van der Waals surface area contributed by atoms with Crippen molar-refractivity contribution in [3.8, 4) is 0 Å². The summed E-state index contributed by atoms with van der Waals surface area (Å²) in [5, 5.41) is 10.6. The molecule has 0 radical (unpaired) electrons. The Labute approximate surface area is 91.4 Å². The topological polar surface area (TPSA) is 20.2 Å². The Hall–Kier alpha value is -1.08. The fraction of sp³-hybridized carbons (Fsp3) is 0.429. The molecule has 1 aromatic rings. The number of benzene rings is 1. The Balaban J connectivity index is 2.26. The highest BCUT2D eigenvalue weighted by molar-refractivity contribution is 5.24. The highest BCUT2D eigenvalue weighted by Gasteiger charge is 2.32. The molecule has 0 fully saturated rings. The number of allylic oxidation sites excluding steroid dienone is 1. The summed E-state index contributed by atoms with van der Waals surface area (Å²) in [5.74, 6) is 0.258. The number of aliphatic hydroxyl groups is 1. The zero-order valence-corrected chi connectivity index (χ0v) is 9.19. The van der Waals surface area contributed by atoms with Crippen molar-refractivity contribution in [2.75, 3.05) is 0 Å². The fourth-order valence-electron chi connectivity index (χ4n) is 2.27. The van der Waals surface area contributed by atoms with Crippen molar-refractivity contribution in [3.63, 3.8) is 0 Å². The van der Waals surface area contributed by atoms with E-state index >= 15 is 0 Å². The van der Waals surface area contributed by atoms with Gasteiger partial charge in [0.2, 0.25) is 0 Å². The summed E-state index contributed by atoms with van der Waals surface area (Å²) in [5.41, 5.74) is 0.291. The molecule has 0 aromatic heterocycles. The second-order valence-corrected chi connectivity index (χ2v) is 4.48. The van der Waals surface area contributed by atoms with Crippen LogP contribution in [0.4, 0.5) is 0 Å². The Morgan fingerprint density at radius 2 is 2.00 bits per heavy atom. The third kappa shape index (κ3) is 2.13. The fourth-order valence-corrected chi connectivity index (χ4v) is 2.27. The van der Waals surface area contributed by atoms with Crippen molar-refractivity contribution < 1.29 is 5.11 Å². The van der Waals surface area contributed by atoms with Crippen molar-refractivity contribution >= 4 is 0 Å². The Kier molecular flexibility index (Phi) is 2.92. The molecule has 0 saturated heterocycles. The quantitative estimate of drug-likeness (QED) is 0.730. The largest absolute Gasteiger partial charge is 0.385 e. The molecule has 0 amide bonds. The Morgan fingerprint density at radius 3 is 2.60 bits per heavy atom. The van der Waals surface area contributed by atoms with E-state index in [2.05, 4.69) is 12.2 Å². The maximum absolute atomic E-state index is 10.6. The molecule has 0 heterocycles. The first-order valence-electron chi connectivity index (χ1n) is 5.66. The predicted molar refractivity (Wildman–Crippen MR) is 62.5 cm³/mol. The smallest absolute Gasteiger partial charge is 0.0930 e. The van der Waals surface area contributed by atoms with Gasteiger partial charge in [-0.2, -0.15) is 0 Å². The van der Waals surface area contributed by atoms with Crippen LogP contribution in [0.5, 0.6) is 0 Å². The van der Waals surface area contributed by atoms with E-state index in [0.717, 1.165) is 18.4 Å². The van der Waals surface area contributed by atoms with Gasteiger partial charge in [0.1, 0.15) is 0 Å². The molecular formula is C14H18O. The van der Waals surface area contributed by atoms with E-state index < -0.39 is 5.60 Å². The summed E-state index contributed by atoms with van der Waals surface area (Å²) in [6.07, 6.45) is 7.77. The Morgan fingerprint density at radius 1 is 1.27 bits per heavy atom. The third-order valence-electron chi connectivity index (χ3n) is 3.33. The number of hydrogen-bond donors (Lipinski definition) is 1. The lowest BCUT2D eigenvalue weighted by atomic mass is 9.78. The van der Waals surface area contributed by atoms with Crippen LogP contribution in [0.2, 0.25) is 0 Å². The average molecular weight is 202 g/mol. The lowest BCUT2D eigenvalue weighted by Crippen LogP contribution is -2.31. The second kappa shape index (κ2) is 4.19. The van der Waals surface area contributed by atoms with Gasteiger partial charge in [0.05, 0.1) is 5.60 Å². The molecule has 15 heavy (non-hydrogen) atoms. The molecule has 1 aliphatic rings.